The molecular weight excluding hydrogens is 216 g/mol. The molecule has 1 rings (SSSR count). The van der Waals surface area contributed by atoms with Gasteiger partial charge in [0.15, 0.2) is 0 Å². The monoisotopic (exact) mass is 236 g/mol. The minimum Gasteiger partial charge on any atom is -0.496 e. The van der Waals surface area contributed by atoms with Crippen LogP contribution in [0.4, 0.5) is 0 Å². The third-order valence-corrected chi connectivity index (χ3v) is 2.79. The van der Waals surface area contributed by atoms with Gasteiger partial charge in [-0.2, -0.15) is 0 Å². The number of hydrogen-bond acceptors (Lipinski definition) is 2. The number of carbonyl (C=O) groups is 1. The molecule has 0 radical (unpaired) electrons. The Labute approximate surface area is 102 Å². The van der Waals surface area contributed by atoms with E-state index in [0.29, 0.717) is 12.3 Å². The third-order valence-electron chi connectivity index (χ3n) is 2.79. The number of methoxy groups -OCH3 is 1. The Hall–Kier alpha value is -1.51. The molecule has 0 aliphatic carbocycles. The average Bonchev–Trinajstić information content (AvgIpc) is 2.28. The number of carboxylic acid groups (broad SMARTS) is 1. The Bertz CT molecular complexity index is 383. The van der Waals surface area contributed by atoms with E-state index in [1.165, 1.54) is 5.56 Å². The molecule has 1 aromatic rings. The van der Waals surface area contributed by atoms with Crippen LogP contribution in [-0.2, 0) is 11.2 Å². The average molecular weight is 236 g/mol. The van der Waals surface area contributed by atoms with Crippen molar-refractivity contribution in [2.75, 3.05) is 7.11 Å². The number of rotatable bonds is 6. The lowest BCUT2D eigenvalue weighted by Gasteiger charge is -2.15. The highest BCUT2D eigenvalue weighted by Crippen LogP contribution is 2.30. The van der Waals surface area contributed by atoms with Gasteiger partial charge in [-0.1, -0.05) is 32.0 Å². The summed E-state index contributed by atoms with van der Waals surface area (Å²) in [5, 5.41) is 8.63. The number of para-hydroxylation sites is 1. The zero-order valence-electron chi connectivity index (χ0n) is 10.7. The van der Waals surface area contributed by atoms with Gasteiger partial charge in [-0.25, -0.2) is 0 Å². The van der Waals surface area contributed by atoms with Crippen LogP contribution in [0.3, 0.4) is 0 Å². The SMILES string of the molecule is COc1c(CCCC(=O)O)cccc1C(C)C. The van der Waals surface area contributed by atoms with Crippen LogP contribution in [0, 0.1) is 0 Å². The first-order chi connectivity index (χ1) is 8.06. The van der Waals surface area contributed by atoms with Gasteiger partial charge < -0.3 is 9.84 Å². The summed E-state index contributed by atoms with van der Waals surface area (Å²) in [6, 6.07) is 6.07. The third kappa shape index (κ3) is 3.77. The van der Waals surface area contributed by atoms with E-state index in [4.69, 9.17) is 9.84 Å². The van der Waals surface area contributed by atoms with Gasteiger partial charge >= 0.3 is 5.97 Å². The second-order valence-electron chi connectivity index (χ2n) is 4.44. The Kier molecular flexibility index (Phi) is 5.01. The predicted octanol–water partition coefficient (Wildman–Crippen LogP) is 3.23. The molecule has 17 heavy (non-hydrogen) atoms. The molecule has 0 aromatic heterocycles. The summed E-state index contributed by atoms with van der Waals surface area (Å²) in [5.74, 6) is 0.571. The van der Waals surface area contributed by atoms with Gasteiger partial charge in [0, 0.05) is 6.42 Å². The van der Waals surface area contributed by atoms with Gasteiger partial charge in [0.25, 0.3) is 0 Å². The highest BCUT2D eigenvalue weighted by atomic mass is 16.5. The first-order valence-corrected chi connectivity index (χ1v) is 5.93. The number of aliphatic carboxylic acids is 1. The molecule has 0 saturated carbocycles. The minimum atomic E-state index is -0.746. The van der Waals surface area contributed by atoms with Crippen molar-refractivity contribution < 1.29 is 14.6 Å². The Morgan fingerprint density at radius 2 is 2.12 bits per heavy atom. The molecule has 0 atom stereocenters. The van der Waals surface area contributed by atoms with Crippen LogP contribution >= 0.6 is 0 Å². The molecule has 1 N–H and O–H groups in total. The van der Waals surface area contributed by atoms with Gasteiger partial charge in [0.05, 0.1) is 7.11 Å². The van der Waals surface area contributed by atoms with Gasteiger partial charge in [-0.15, -0.1) is 0 Å². The van der Waals surface area contributed by atoms with E-state index in [0.717, 1.165) is 17.7 Å². The number of ether oxygens (including phenoxy) is 1. The molecular formula is C14H20O3. The summed E-state index contributed by atoms with van der Waals surface area (Å²) >= 11 is 0. The molecule has 0 heterocycles. The van der Waals surface area contributed by atoms with Crippen molar-refractivity contribution in [2.45, 2.75) is 39.0 Å². The lowest BCUT2D eigenvalue weighted by atomic mass is 9.97. The molecule has 1 aromatic carbocycles. The fourth-order valence-corrected chi connectivity index (χ4v) is 1.94. The Morgan fingerprint density at radius 3 is 2.65 bits per heavy atom. The van der Waals surface area contributed by atoms with Crippen LogP contribution in [0.2, 0.25) is 0 Å². The van der Waals surface area contributed by atoms with Crippen molar-refractivity contribution in [3.63, 3.8) is 0 Å². The van der Waals surface area contributed by atoms with E-state index < -0.39 is 5.97 Å². The van der Waals surface area contributed by atoms with E-state index >= 15 is 0 Å². The molecule has 3 heteroatoms. The van der Waals surface area contributed by atoms with Gasteiger partial charge in [0.2, 0.25) is 0 Å². The maximum absolute atomic E-state index is 10.5. The van der Waals surface area contributed by atoms with Crippen LogP contribution in [-0.4, -0.2) is 18.2 Å². The summed E-state index contributed by atoms with van der Waals surface area (Å²) in [4.78, 5) is 10.5. The number of carboxylic acids is 1. The van der Waals surface area contributed by atoms with Crippen LogP contribution < -0.4 is 4.74 Å². The first-order valence-electron chi connectivity index (χ1n) is 5.93. The quantitative estimate of drug-likeness (QED) is 0.824. The van der Waals surface area contributed by atoms with Gasteiger partial charge in [-0.3, -0.25) is 4.79 Å². The second-order valence-corrected chi connectivity index (χ2v) is 4.44. The smallest absolute Gasteiger partial charge is 0.303 e. The lowest BCUT2D eigenvalue weighted by Crippen LogP contribution is -2.01. The molecule has 0 saturated heterocycles. The zero-order chi connectivity index (χ0) is 12.8. The highest BCUT2D eigenvalue weighted by Gasteiger charge is 2.11. The van der Waals surface area contributed by atoms with Crippen LogP contribution in [0.5, 0.6) is 5.75 Å². The molecule has 0 spiro atoms. The van der Waals surface area contributed by atoms with Crippen molar-refractivity contribution in [1.82, 2.24) is 0 Å². The number of aryl methyl sites for hydroxylation is 1. The topological polar surface area (TPSA) is 46.5 Å². The number of benzene rings is 1. The van der Waals surface area contributed by atoms with Crippen LogP contribution in [0.1, 0.15) is 43.7 Å². The van der Waals surface area contributed by atoms with Crippen LogP contribution in [0.15, 0.2) is 18.2 Å². The van der Waals surface area contributed by atoms with Crippen molar-refractivity contribution >= 4 is 5.97 Å². The van der Waals surface area contributed by atoms with E-state index in [-0.39, 0.29) is 6.42 Å². The predicted molar refractivity (Wildman–Crippen MR) is 67.7 cm³/mol. The standard InChI is InChI=1S/C14H20O3/c1-10(2)12-8-4-6-11(14(12)17-3)7-5-9-13(15)16/h4,6,8,10H,5,7,9H2,1-3H3,(H,15,16). The summed E-state index contributed by atoms with van der Waals surface area (Å²) in [6.07, 6.45) is 1.60. The van der Waals surface area contributed by atoms with Gasteiger partial charge in [-0.05, 0) is 29.9 Å². The lowest BCUT2D eigenvalue weighted by molar-refractivity contribution is -0.137. The van der Waals surface area contributed by atoms with E-state index in [1.807, 2.05) is 12.1 Å². The summed E-state index contributed by atoms with van der Waals surface area (Å²) in [6.45, 7) is 4.25. The molecule has 0 bridgehead atoms. The summed E-state index contributed by atoms with van der Waals surface area (Å²) in [5.41, 5.74) is 2.28. The fourth-order valence-electron chi connectivity index (χ4n) is 1.94. The summed E-state index contributed by atoms with van der Waals surface area (Å²) < 4.78 is 5.45. The molecule has 3 nitrogen and oxygen atoms in total. The Balaban J connectivity index is 2.84. The number of hydrogen-bond donors (Lipinski definition) is 1. The second kappa shape index (κ2) is 6.28. The fraction of sp³-hybridized carbons (Fsp3) is 0.500. The van der Waals surface area contributed by atoms with Crippen molar-refractivity contribution in [3.05, 3.63) is 29.3 Å². The zero-order valence-corrected chi connectivity index (χ0v) is 10.7. The van der Waals surface area contributed by atoms with Gasteiger partial charge in [0.1, 0.15) is 5.75 Å². The van der Waals surface area contributed by atoms with Crippen molar-refractivity contribution in [1.29, 1.82) is 0 Å². The summed E-state index contributed by atoms with van der Waals surface area (Å²) in [7, 11) is 1.67. The largest absolute Gasteiger partial charge is 0.496 e. The van der Waals surface area contributed by atoms with E-state index in [2.05, 4.69) is 19.9 Å². The van der Waals surface area contributed by atoms with E-state index in [9.17, 15) is 4.79 Å². The molecule has 0 aliphatic rings. The maximum atomic E-state index is 10.5. The highest BCUT2D eigenvalue weighted by molar-refractivity contribution is 5.66. The first kappa shape index (κ1) is 13.6. The molecule has 0 fully saturated rings. The molecule has 94 valence electrons. The molecule has 0 aliphatic heterocycles. The van der Waals surface area contributed by atoms with Crippen molar-refractivity contribution in [3.8, 4) is 5.75 Å². The normalized spacial score (nSPS) is 10.6. The minimum absolute atomic E-state index is 0.203. The Morgan fingerprint density at radius 1 is 1.41 bits per heavy atom. The molecule has 0 unspecified atom stereocenters. The van der Waals surface area contributed by atoms with Crippen molar-refractivity contribution in [2.24, 2.45) is 0 Å². The maximum Gasteiger partial charge on any atom is 0.303 e. The van der Waals surface area contributed by atoms with Crippen LogP contribution in [0.25, 0.3) is 0 Å². The molecule has 0 amide bonds. The van der Waals surface area contributed by atoms with E-state index in [1.54, 1.807) is 7.11 Å².